The Hall–Kier alpha value is -0.170. The summed E-state index contributed by atoms with van der Waals surface area (Å²) in [5.74, 6) is 0.623. The minimum atomic E-state index is -3.27. The molecule has 122 valence electrons. The lowest BCUT2D eigenvalue weighted by Crippen LogP contribution is -2.54. The number of likely N-dealkylation sites (N-methyl/N-ethyl adjacent to an activating group) is 1. The lowest BCUT2D eigenvalue weighted by molar-refractivity contribution is 0.223. The second kappa shape index (κ2) is 6.52. The Balaban J connectivity index is 1.72. The van der Waals surface area contributed by atoms with E-state index in [0.29, 0.717) is 12.5 Å². The van der Waals surface area contributed by atoms with Crippen LogP contribution in [0.4, 0.5) is 0 Å². The SMILES string of the molecule is CCNCC1CCCCN1S(=O)(=O)N(CC1CC1)C1CC1. The summed E-state index contributed by atoms with van der Waals surface area (Å²) >= 11 is 0. The molecule has 2 saturated carbocycles. The summed E-state index contributed by atoms with van der Waals surface area (Å²) in [6.07, 6.45) is 7.67. The molecule has 3 rings (SSSR count). The van der Waals surface area contributed by atoms with Crippen LogP contribution in [0.2, 0.25) is 0 Å². The molecule has 1 N–H and O–H groups in total. The van der Waals surface area contributed by atoms with Gasteiger partial charge in [0.1, 0.15) is 0 Å². The summed E-state index contributed by atoms with van der Waals surface area (Å²) in [5, 5.41) is 3.33. The number of nitrogens with zero attached hydrogens (tertiary/aromatic N) is 2. The van der Waals surface area contributed by atoms with Crippen LogP contribution in [0.25, 0.3) is 0 Å². The van der Waals surface area contributed by atoms with E-state index in [0.717, 1.165) is 51.7 Å². The first-order valence-corrected chi connectivity index (χ1v) is 10.0. The van der Waals surface area contributed by atoms with Gasteiger partial charge < -0.3 is 5.32 Å². The minimum Gasteiger partial charge on any atom is -0.315 e. The van der Waals surface area contributed by atoms with Crippen molar-refractivity contribution in [3.8, 4) is 0 Å². The Labute approximate surface area is 129 Å². The second-order valence-corrected chi connectivity index (χ2v) is 8.65. The molecule has 1 heterocycles. The molecular formula is C15H29N3O2S. The maximum Gasteiger partial charge on any atom is 0.282 e. The number of hydrogen-bond acceptors (Lipinski definition) is 3. The van der Waals surface area contributed by atoms with Crippen molar-refractivity contribution in [3.05, 3.63) is 0 Å². The van der Waals surface area contributed by atoms with Crippen LogP contribution in [0, 0.1) is 5.92 Å². The highest BCUT2D eigenvalue weighted by atomic mass is 32.2. The zero-order chi connectivity index (χ0) is 14.9. The molecule has 6 heteroatoms. The van der Waals surface area contributed by atoms with Crippen molar-refractivity contribution in [2.75, 3.05) is 26.2 Å². The van der Waals surface area contributed by atoms with Gasteiger partial charge in [0.15, 0.2) is 0 Å². The fraction of sp³-hybridized carbons (Fsp3) is 1.00. The fourth-order valence-electron chi connectivity index (χ4n) is 3.28. The van der Waals surface area contributed by atoms with Gasteiger partial charge in [-0.2, -0.15) is 17.0 Å². The zero-order valence-corrected chi connectivity index (χ0v) is 13.9. The van der Waals surface area contributed by atoms with E-state index in [1.54, 1.807) is 4.31 Å². The first-order chi connectivity index (χ1) is 10.1. The van der Waals surface area contributed by atoms with Crippen molar-refractivity contribution in [2.45, 2.75) is 64.0 Å². The van der Waals surface area contributed by atoms with E-state index < -0.39 is 10.2 Å². The summed E-state index contributed by atoms with van der Waals surface area (Å²) in [6.45, 7) is 5.23. The predicted molar refractivity (Wildman–Crippen MR) is 84.3 cm³/mol. The number of hydrogen-bond donors (Lipinski definition) is 1. The smallest absolute Gasteiger partial charge is 0.282 e. The molecule has 0 aromatic rings. The van der Waals surface area contributed by atoms with E-state index in [-0.39, 0.29) is 12.1 Å². The highest BCUT2D eigenvalue weighted by Crippen LogP contribution is 2.38. The normalized spacial score (nSPS) is 28.2. The van der Waals surface area contributed by atoms with Gasteiger partial charge in [-0.15, -0.1) is 0 Å². The van der Waals surface area contributed by atoms with Gasteiger partial charge in [-0.3, -0.25) is 0 Å². The highest BCUT2D eigenvalue weighted by Gasteiger charge is 2.45. The molecule has 0 radical (unpaired) electrons. The Bertz CT molecular complexity index is 446. The minimum absolute atomic E-state index is 0.143. The van der Waals surface area contributed by atoms with Gasteiger partial charge in [0.25, 0.3) is 10.2 Å². The van der Waals surface area contributed by atoms with Gasteiger partial charge in [0.2, 0.25) is 0 Å². The monoisotopic (exact) mass is 315 g/mol. The van der Waals surface area contributed by atoms with Crippen LogP contribution < -0.4 is 5.32 Å². The quantitative estimate of drug-likeness (QED) is 0.740. The summed E-state index contributed by atoms with van der Waals surface area (Å²) in [7, 11) is -3.27. The summed E-state index contributed by atoms with van der Waals surface area (Å²) < 4.78 is 29.9. The first kappa shape index (κ1) is 15.7. The van der Waals surface area contributed by atoms with Crippen LogP contribution in [0.15, 0.2) is 0 Å². The average Bonchev–Trinajstić information content (AvgIpc) is 3.36. The summed E-state index contributed by atoms with van der Waals surface area (Å²) in [6, 6.07) is 0.432. The Kier molecular flexibility index (Phi) is 4.88. The topological polar surface area (TPSA) is 52.7 Å². The molecule has 21 heavy (non-hydrogen) atoms. The molecule has 1 saturated heterocycles. The third kappa shape index (κ3) is 3.78. The van der Waals surface area contributed by atoms with E-state index in [2.05, 4.69) is 12.2 Å². The van der Waals surface area contributed by atoms with Crippen molar-refractivity contribution in [1.29, 1.82) is 0 Å². The van der Waals surface area contributed by atoms with E-state index in [1.807, 2.05) is 4.31 Å². The van der Waals surface area contributed by atoms with Gasteiger partial charge in [-0.05, 0) is 51.0 Å². The molecule has 3 aliphatic rings. The van der Waals surface area contributed by atoms with Crippen molar-refractivity contribution in [2.24, 2.45) is 5.92 Å². The maximum atomic E-state index is 13.1. The van der Waals surface area contributed by atoms with Crippen molar-refractivity contribution in [3.63, 3.8) is 0 Å². The molecule has 0 spiro atoms. The predicted octanol–water partition coefficient (Wildman–Crippen LogP) is 1.57. The van der Waals surface area contributed by atoms with E-state index in [4.69, 9.17) is 0 Å². The van der Waals surface area contributed by atoms with Crippen LogP contribution in [-0.4, -0.2) is 55.3 Å². The Morgan fingerprint density at radius 2 is 1.90 bits per heavy atom. The molecule has 1 aliphatic heterocycles. The number of rotatable bonds is 8. The zero-order valence-electron chi connectivity index (χ0n) is 13.1. The Morgan fingerprint density at radius 3 is 2.52 bits per heavy atom. The van der Waals surface area contributed by atoms with Crippen molar-refractivity contribution in [1.82, 2.24) is 13.9 Å². The molecule has 1 unspecified atom stereocenters. The lowest BCUT2D eigenvalue weighted by atomic mass is 10.1. The molecule has 5 nitrogen and oxygen atoms in total. The number of nitrogens with one attached hydrogen (secondary N) is 1. The highest BCUT2D eigenvalue weighted by molar-refractivity contribution is 7.86. The average molecular weight is 315 g/mol. The summed E-state index contributed by atoms with van der Waals surface area (Å²) in [5.41, 5.74) is 0. The molecule has 3 fully saturated rings. The third-order valence-corrected chi connectivity index (χ3v) is 7.00. The van der Waals surface area contributed by atoms with Gasteiger partial charge in [0, 0.05) is 31.7 Å². The van der Waals surface area contributed by atoms with Crippen LogP contribution in [0.3, 0.4) is 0 Å². The van der Waals surface area contributed by atoms with Gasteiger partial charge in [-0.1, -0.05) is 13.3 Å². The van der Waals surface area contributed by atoms with Crippen molar-refractivity contribution < 1.29 is 8.42 Å². The maximum absolute atomic E-state index is 13.1. The van der Waals surface area contributed by atoms with Crippen LogP contribution in [0.5, 0.6) is 0 Å². The molecule has 0 aromatic heterocycles. The van der Waals surface area contributed by atoms with E-state index in [9.17, 15) is 8.42 Å². The standard InChI is InChI=1S/C15H29N3O2S/c1-2-16-11-15-5-3-4-10-17(15)21(19,20)18(14-8-9-14)12-13-6-7-13/h13-16H,2-12H2,1H3. The van der Waals surface area contributed by atoms with Gasteiger partial charge in [0.05, 0.1) is 0 Å². The third-order valence-electron chi connectivity index (χ3n) is 4.88. The molecule has 0 amide bonds. The second-order valence-electron chi connectivity index (χ2n) is 6.82. The molecule has 2 aliphatic carbocycles. The van der Waals surface area contributed by atoms with E-state index in [1.165, 1.54) is 12.8 Å². The summed E-state index contributed by atoms with van der Waals surface area (Å²) in [4.78, 5) is 0. The molecule has 0 bridgehead atoms. The van der Waals surface area contributed by atoms with Crippen LogP contribution >= 0.6 is 0 Å². The lowest BCUT2D eigenvalue weighted by Gasteiger charge is -2.38. The van der Waals surface area contributed by atoms with Gasteiger partial charge >= 0.3 is 0 Å². The molecule has 0 aromatic carbocycles. The Morgan fingerprint density at radius 1 is 1.14 bits per heavy atom. The van der Waals surface area contributed by atoms with Crippen LogP contribution in [-0.2, 0) is 10.2 Å². The van der Waals surface area contributed by atoms with Crippen LogP contribution in [0.1, 0.15) is 51.9 Å². The van der Waals surface area contributed by atoms with Gasteiger partial charge in [-0.25, -0.2) is 0 Å². The molecular weight excluding hydrogens is 286 g/mol. The van der Waals surface area contributed by atoms with Crippen molar-refractivity contribution >= 4 is 10.2 Å². The molecule has 1 atom stereocenters. The number of piperidine rings is 1. The fourth-order valence-corrected chi connectivity index (χ4v) is 5.45. The van der Waals surface area contributed by atoms with E-state index >= 15 is 0 Å². The largest absolute Gasteiger partial charge is 0.315 e. The first-order valence-electron chi connectivity index (χ1n) is 8.62.